The molecule has 0 fully saturated rings. The van der Waals surface area contributed by atoms with Gasteiger partial charge in [0.15, 0.2) is 0 Å². The van der Waals surface area contributed by atoms with Crippen molar-refractivity contribution in [1.29, 1.82) is 0 Å². The van der Waals surface area contributed by atoms with Crippen LogP contribution in [-0.2, 0) is 0 Å². The first kappa shape index (κ1) is 7.71. The molecule has 0 aliphatic carbocycles. The van der Waals surface area contributed by atoms with E-state index in [1.165, 1.54) is 0 Å². The predicted molar refractivity (Wildman–Crippen MR) is 45.6 cm³/mol. The molecule has 0 aliphatic heterocycles. The van der Waals surface area contributed by atoms with E-state index in [4.69, 9.17) is 11.6 Å². The number of rotatable bonds is 2. The van der Waals surface area contributed by atoms with Gasteiger partial charge in [-0.25, -0.2) is 0 Å². The standard InChI is InChI=1S/C7H6ClOP/c8-7(9)10-6-4-2-1-3-5-6/h1-5,10H. The summed E-state index contributed by atoms with van der Waals surface area (Å²) in [6.07, 6.45) is 0. The number of hydrogen-bond acceptors (Lipinski definition) is 1. The zero-order valence-corrected chi connectivity index (χ0v) is 6.93. The fourth-order valence-corrected chi connectivity index (χ4v) is 1.55. The van der Waals surface area contributed by atoms with Crippen molar-refractivity contribution < 1.29 is 4.79 Å². The highest BCUT2D eigenvalue weighted by molar-refractivity contribution is 7.70. The quantitative estimate of drug-likeness (QED) is 0.494. The molecule has 1 rings (SSSR count). The van der Waals surface area contributed by atoms with Gasteiger partial charge >= 0.3 is 0 Å². The van der Waals surface area contributed by atoms with Gasteiger partial charge in [0.2, 0.25) is 4.98 Å². The lowest BCUT2D eigenvalue weighted by molar-refractivity contribution is 0.275. The van der Waals surface area contributed by atoms with Crippen LogP contribution in [0.1, 0.15) is 0 Å². The van der Waals surface area contributed by atoms with Crippen molar-refractivity contribution in [2.24, 2.45) is 0 Å². The van der Waals surface area contributed by atoms with Crippen LogP contribution in [0.2, 0.25) is 0 Å². The molecule has 0 amide bonds. The van der Waals surface area contributed by atoms with E-state index in [0.717, 1.165) is 5.30 Å². The molecule has 0 bridgehead atoms. The molecule has 0 radical (unpaired) electrons. The van der Waals surface area contributed by atoms with Crippen LogP contribution in [0.5, 0.6) is 0 Å². The summed E-state index contributed by atoms with van der Waals surface area (Å²) in [6.45, 7) is 0. The molecule has 1 aromatic rings. The first-order valence-corrected chi connectivity index (χ1v) is 4.18. The van der Waals surface area contributed by atoms with Crippen molar-refractivity contribution in [1.82, 2.24) is 0 Å². The summed E-state index contributed by atoms with van der Waals surface area (Å²) in [6, 6.07) is 9.47. The Balaban J connectivity index is 2.67. The molecular formula is C7H6ClOP. The fourth-order valence-electron chi connectivity index (χ4n) is 0.635. The maximum absolute atomic E-state index is 10.4. The molecule has 0 aromatic heterocycles. The van der Waals surface area contributed by atoms with Crippen LogP contribution >= 0.6 is 20.2 Å². The van der Waals surface area contributed by atoms with Gasteiger partial charge in [-0.15, -0.1) is 0 Å². The second kappa shape index (κ2) is 3.70. The molecule has 52 valence electrons. The molecule has 1 aromatic carbocycles. The highest BCUT2D eigenvalue weighted by Gasteiger charge is 1.95. The van der Waals surface area contributed by atoms with E-state index in [1.807, 2.05) is 30.3 Å². The summed E-state index contributed by atoms with van der Waals surface area (Å²) < 4.78 is 0. The Bertz CT molecular complexity index is 222. The average Bonchev–Trinajstić information content (AvgIpc) is 1.88. The SMILES string of the molecule is O=C(Cl)Pc1ccccc1. The van der Waals surface area contributed by atoms with Gasteiger partial charge in [0, 0.05) is 0 Å². The third-order valence-electron chi connectivity index (χ3n) is 1.02. The molecule has 0 N–H and O–H groups in total. The highest BCUT2D eigenvalue weighted by Crippen LogP contribution is 2.14. The van der Waals surface area contributed by atoms with Crippen molar-refractivity contribution in [3.05, 3.63) is 30.3 Å². The largest absolute Gasteiger partial charge is 0.276 e. The van der Waals surface area contributed by atoms with E-state index in [9.17, 15) is 4.79 Å². The number of carbonyl (C=O) groups excluding carboxylic acids is 1. The van der Waals surface area contributed by atoms with Crippen LogP contribution < -0.4 is 5.30 Å². The minimum absolute atomic E-state index is 0.0874. The van der Waals surface area contributed by atoms with Crippen LogP contribution in [0.25, 0.3) is 0 Å². The maximum atomic E-state index is 10.4. The van der Waals surface area contributed by atoms with E-state index >= 15 is 0 Å². The van der Waals surface area contributed by atoms with Crippen LogP contribution in [0.15, 0.2) is 30.3 Å². The van der Waals surface area contributed by atoms with Crippen LogP contribution in [-0.4, -0.2) is 4.98 Å². The third-order valence-corrected chi connectivity index (χ3v) is 2.12. The summed E-state index contributed by atoms with van der Waals surface area (Å²) in [7, 11) is 0.0874. The van der Waals surface area contributed by atoms with Gasteiger partial charge in [-0.2, -0.15) is 0 Å². The zero-order valence-electron chi connectivity index (χ0n) is 5.17. The minimum atomic E-state index is -0.286. The van der Waals surface area contributed by atoms with E-state index in [1.54, 1.807) is 0 Å². The predicted octanol–water partition coefficient (Wildman–Crippen LogP) is 2.35. The highest BCUT2D eigenvalue weighted by atomic mass is 35.5. The Morgan fingerprint density at radius 3 is 2.40 bits per heavy atom. The number of carbonyl (C=O) groups is 1. The summed E-state index contributed by atoms with van der Waals surface area (Å²) >= 11 is 5.19. The molecule has 1 nitrogen and oxygen atoms in total. The van der Waals surface area contributed by atoms with Gasteiger partial charge < -0.3 is 0 Å². The number of benzene rings is 1. The second-order valence-electron chi connectivity index (χ2n) is 1.76. The van der Waals surface area contributed by atoms with Gasteiger partial charge in [-0.3, -0.25) is 4.79 Å². The van der Waals surface area contributed by atoms with Crippen molar-refractivity contribution in [2.45, 2.75) is 0 Å². The Kier molecular flexibility index (Phi) is 2.85. The molecule has 0 saturated heterocycles. The first-order chi connectivity index (χ1) is 4.79. The van der Waals surface area contributed by atoms with Gasteiger partial charge in [-0.05, 0) is 25.5 Å². The van der Waals surface area contributed by atoms with Crippen LogP contribution in [0, 0.1) is 0 Å². The topological polar surface area (TPSA) is 17.1 Å². The van der Waals surface area contributed by atoms with Gasteiger partial charge in [0.1, 0.15) is 0 Å². The summed E-state index contributed by atoms with van der Waals surface area (Å²) in [5.74, 6) is 0. The second-order valence-corrected chi connectivity index (χ2v) is 3.71. The van der Waals surface area contributed by atoms with E-state index in [-0.39, 0.29) is 13.6 Å². The lowest BCUT2D eigenvalue weighted by Gasteiger charge is -1.92. The monoisotopic (exact) mass is 172 g/mol. The van der Waals surface area contributed by atoms with Gasteiger partial charge in [-0.1, -0.05) is 30.3 Å². The van der Waals surface area contributed by atoms with Gasteiger partial charge in [0.05, 0.1) is 0 Å². The number of hydrogen-bond donors (Lipinski definition) is 0. The first-order valence-electron chi connectivity index (χ1n) is 2.80. The Labute approximate surface area is 66.2 Å². The molecule has 0 spiro atoms. The molecule has 1 atom stereocenters. The summed E-state index contributed by atoms with van der Waals surface area (Å²) in [4.78, 5) is 10.1. The average molecular weight is 173 g/mol. The van der Waals surface area contributed by atoms with Crippen molar-refractivity contribution in [3.63, 3.8) is 0 Å². The minimum Gasteiger partial charge on any atom is -0.276 e. The fraction of sp³-hybridized carbons (Fsp3) is 0. The Morgan fingerprint density at radius 1 is 1.30 bits per heavy atom. The van der Waals surface area contributed by atoms with E-state index in [2.05, 4.69) is 0 Å². The van der Waals surface area contributed by atoms with Crippen molar-refractivity contribution >= 4 is 30.5 Å². The molecule has 10 heavy (non-hydrogen) atoms. The molecular weight excluding hydrogens is 167 g/mol. The molecule has 0 saturated carbocycles. The van der Waals surface area contributed by atoms with E-state index < -0.39 is 0 Å². The Hall–Kier alpha value is -0.390. The summed E-state index contributed by atoms with van der Waals surface area (Å²) in [5.41, 5.74) is 0. The van der Waals surface area contributed by atoms with Crippen LogP contribution in [0.4, 0.5) is 4.79 Å². The lowest BCUT2D eigenvalue weighted by atomic mass is 10.4. The molecule has 3 heteroatoms. The molecule has 0 heterocycles. The van der Waals surface area contributed by atoms with Crippen molar-refractivity contribution in [2.75, 3.05) is 0 Å². The van der Waals surface area contributed by atoms with E-state index in [0.29, 0.717) is 0 Å². The Morgan fingerprint density at radius 2 is 1.90 bits per heavy atom. The van der Waals surface area contributed by atoms with Crippen molar-refractivity contribution in [3.8, 4) is 0 Å². The molecule has 0 aliphatic rings. The number of halogens is 1. The lowest BCUT2D eigenvalue weighted by Crippen LogP contribution is -1.92. The molecule has 1 unspecified atom stereocenters. The maximum Gasteiger partial charge on any atom is 0.244 e. The normalized spacial score (nSPS) is 10.5. The third kappa shape index (κ3) is 2.47. The zero-order chi connectivity index (χ0) is 7.40. The summed E-state index contributed by atoms with van der Waals surface area (Å²) in [5, 5.41) is 0.988. The van der Waals surface area contributed by atoms with Crippen LogP contribution in [0.3, 0.4) is 0 Å². The van der Waals surface area contributed by atoms with Gasteiger partial charge in [0.25, 0.3) is 0 Å². The smallest absolute Gasteiger partial charge is 0.244 e.